The lowest BCUT2D eigenvalue weighted by Crippen LogP contribution is -2.41. The zero-order valence-corrected chi connectivity index (χ0v) is 9.58. The van der Waals surface area contributed by atoms with Crippen LogP contribution in [-0.2, 0) is 9.59 Å². The Bertz CT molecular complexity index is 352. The molecule has 5 nitrogen and oxygen atoms in total. The highest BCUT2D eigenvalue weighted by Crippen LogP contribution is 2.28. The quantitative estimate of drug-likeness (QED) is 0.677. The summed E-state index contributed by atoms with van der Waals surface area (Å²) in [6.45, 7) is 0.873. The molecule has 94 valence electrons. The smallest absolute Gasteiger partial charge is 0.307 e. The zero-order chi connectivity index (χ0) is 12.4. The second kappa shape index (κ2) is 4.87. The first kappa shape index (κ1) is 12.1. The van der Waals surface area contributed by atoms with E-state index in [0.29, 0.717) is 32.4 Å². The average molecular weight is 239 g/mol. The Kier molecular flexibility index (Phi) is 3.47. The van der Waals surface area contributed by atoms with Crippen LogP contribution in [0, 0.1) is 11.8 Å². The number of carboxylic acids is 1. The van der Waals surface area contributed by atoms with Crippen molar-refractivity contribution in [3.05, 3.63) is 12.2 Å². The molecule has 0 bridgehead atoms. The predicted molar refractivity (Wildman–Crippen MR) is 60.2 cm³/mol. The summed E-state index contributed by atoms with van der Waals surface area (Å²) in [5.41, 5.74) is 0. The number of aliphatic carboxylic acids is 1. The van der Waals surface area contributed by atoms with Gasteiger partial charge in [-0.2, -0.15) is 0 Å². The Morgan fingerprint density at radius 2 is 1.82 bits per heavy atom. The van der Waals surface area contributed by atoms with Crippen LogP contribution in [0.4, 0.5) is 0 Å². The summed E-state index contributed by atoms with van der Waals surface area (Å²) in [4.78, 5) is 24.9. The molecule has 2 N–H and O–H groups in total. The first-order chi connectivity index (χ1) is 8.09. The minimum absolute atomic E-state index is 0.127. The van der Waals surface area contributed by atoms with Crippen molar-refractivity contribution in [1.82, 2.24) is 4.90 Å². The summed E-state index contributed by atoms with van der Waals surface area (Å²) in [5.74, 6) is -2.13. The fraction of sp³-hybridized carbons (Fsp3) is 0.667. The Morgan fingerprint density at radius 3 is 2.35 bits per heavy atom. The number of carboxylic acid groups (broad SMARTS) is 1. The second-order valence-corrected chi connectivity index (χ2v) is 4.72. The van der Waals surface area contributed by atoms with E-state index < -0.39 is 23.9 Å². The van der Waals surface area contributed by atoms with Gasteiger partial charge >= 0.3 is 5.97 Å². The first-order valence-electron chi connectivity index (χ1n) is 5.94. The highest BCUT2D eigenvalue weighted by molar-refractivity contribution is 5.85. The molecule has 1 fully saturated rings. The van der Waals surface area contributed by atoms with Gasteiger partial charge in [0, 0.05) is 13.1 Å². The van der Waals surface area contributed by atoms with E-state index in [2.05, 4.69) is 0 Å². The van der Waals surface area contributed by atoms with Crippen molar-refractivity contribution in [2.75, 3.05) is 13.1 Å². The summed E-state index contributed by atoms with van der Waals surface area (Å²) < 4.78 is 0. The van der Waals surface area contributed by atoms with E-state index in [9.17, 15) is 14.7 Å². The van der Waals surface area contributed by atoms with E-state index >= 15 is 0 Å². The summed E-state index contributed by atoms with van der Waals surface area (Å²) >= 11 is 0. The lowest BCUT2D eigenvalue weighted by atomic mass is 9.82. The van der Waals surface area contributed by atoms with E-state index in [1.807, 2.05) is 12.2 Å². The van der Waals surface area contributed by atoms with Gasteiger partial charge in [-0.15, -0.1) is 0 Å². The molecule has 0 aromatic carbocycles. The molecule has 1 amide bonds. The number of rotatable bonds is 2. The largest absolute Gasteiger partial charge is 0.481 e. The summed E-state index contributed by atoms with van der Waals surface area (Å²) in [6.07, 6.45) is 4.73. The third-order valence-corrected chi connectivity index (χ3v) is 3.54. The Labute approximate surface area is 99.7 Å². The third kappa shape index (κ3) is 2.49. The lowest BCUT2D eigenvalue weighted by Gasteiger charge is -2.28. The maximum absolute atomic E-state index is 12.2. The summed E-state index contributed by atoms with van der Waals surface area (Å²) in [6, 6.07) is 0. The molecule has 3 atom stereocenters. The molecule has 1 aliphatic carbocycles. The van der Waals surface area contributed by atoms with E-state index in [-0.39, 0.29) is 5.91 Å². The Hall–Kier alpha value is -1.36. The number of aliphatic hydroxyl groups is 1. The maximum atomic E-state index is 12.2. The molecule has 17 heavy (non-hydrogen) atoms. The number of allylic oxidation sites excluding steroid dienone is 2. The Balaban J connectivity index is 2.07. The molecule has 0 radical (unpaired) electrons. The van der Waals surface area contributed by atoms with Crippen molar-refractivity contribution >= 4 is 11.9 Å². The SMILES string of the molecule is O=C(O)[C@H]1CC=CC[C@H]1C(=O)N1CCC(O)C1. The molecule has 0 aromatic heterocycles. The molecule has 0 spiro atoms. The Morgan fingerprint density at radius 1 is 1.18 bits per heavy atom. The zero-order valence-electron chi connectivity index (χ0n) is 9.58. The highest BCUT2D eigenvalue weighted by Gasteiger charge is 2.38. The minimum atomic E-state index is -0.910. The van der Waals surface area contributed by atoms with Gasteiger partial charge in [0.15, 0.2) is 0 Å². The van der Waals surface area contributed by atoms with Crippen molar-refractivity contribution < 1.29 is 19.8 Å². The summed E-state index contributed by atoms with van der Waals surface area (Å²) in [5, 5.41) is 18.5. The van der Waals surface area contributed by atoms with Crippen LogP contribution in [0.15, 0.2) is 12.2 Å². The van der Waals surface area contributed by atoms with E-state index in [1.54, 1.807) is 4.90 Å². The van der Waals surface area contributed by atoms with E-state index in [0.717, 1.165) is 0 Å². The number of aliphatic hydroxyl groups excluding tert-OH is 1. The maximum Gasteiger partial charge on any atom is 0.307 e. The molecule has 0 saturated carbocycles. The van der Waals surface area contributed by atoms with Crippen molar-refractivity contribution in [3.8, 4) is 0 Å². The van der Waals surface area contributed by atoms with Crippen molar-refractivity contribution in [2.45, 2.75) is 25.4 Å². The number of hydrogen-bond acceptors (Lipinski definition) is 3. The van der Waals surface area contributed by atoms with Gasteiger partial charge in [-0.1, -0.05) is 12.2 Å². The molecular formula is C12H17NO4. The van der Waals surface area contributed by atoms with Crippen LogP contribution in [0.25, 0.3) is 0 Å². The number of likely N-dealkylation sites (tertiary alicyclic amines) is 1. The number of carbonyl (C=O) groups excluding carboxylic acids is 1. The van der Waals surface area contributed by atoms with Crippen LogP contribution in [0.1, 0.15) is 19.3 Å². The molecule has 1 unspecified atom stereocenters. The average Bonchev–Trinajstić information content (AvgIpc) is 2.75. The van der Waals surface area contributed by atoms with Gasteiger partial charge in [0.25, 0.3) is 0 Å². The third-order valence-electron chi connectivity index (χ3n) is 3.54. The van der Waals surface area contributed by atoms with E-state index in [4.69, 9.17) is 5.11 Å². The van der Waals surface area contributed by atoms with Crippen LogP contribution in [0.5, 0.6) is 0 Å². The van der Waals surface area contributed by atoms with E-state index in [1.165, 1.54) is 0 Å². The molecule has 0 aromatic rings. The van der Waals surface area contributed by atoms with Gasteiger partial charge in [-0.05, 0) is 19.3 Å². The second-order valence-electron chi connectivity index (χ2n) is 4.72. The van der Waals surface area contributed by atoms with Gasteiger partial charge in [0.05, 0.1) is 17.9 Å². The molecule has 5 heteroatoms. The standard InChI is InChI=1S/C12H17NO4/c14-8-5-6-13(7-8)11(15)9-3-1-2-4-10(9)12(16)17/h1-2,8-10,14H,3-7H2,(H,16,17)/t8?,9-,10+/m1/s1. The van der Waals surface area contributed by atoms with Crippen LogP contribution < -0.4 is 0 Å². The fourth-order valence-electron chi connectivity index (χ4n) is 2.54. The van der Waals surface area contributed by atoms with Crippen LogP contribution in [-0.4, -0.2) is 46.2 Å². The van der Waals surface area contributed by atoms with Gasteiger partial charge in [0.2, 0.25) is 5.91 Å². The van der Waals surface area contributed by atoms with Gasteiger partial charge in [-0.25, -0.2) is 0 Å². The summed E-state index contributed by atoms with van der Waals surface area (Å²) in [7, 11) is 0. The lowest BCUT2D eigenvalue weighted by molar-refractivity contribution is -0.150. The number of β-amino-alcohol motifs (C(OH)–C–C–N with tert-alkyl or cyclic N) is 1. The molecule has 1 aliphatic heterocycles. The topological polar surface area (TPSA) is 77.8 Å². The number of nitrogens with zero attached hydrogens (tertiary/aromatic N) is 1. The van der Waals surface area contributed by atoms with Crippen LogP contribution >= 0.6 is 0 Å². The minimum Gasteiger partial charge on any atom is -0.481 e. The number of hydrogen-bond donors (Lipinski definition) is 2. The van der Waals surface area contributed by atoms with Gasteiger partial charge in [-0.3, -0.25) is 9.59 Å². The van der Waals surface area contributed by atoms with Crippen LogP contribution in [0.3, 0.4) is 0 Å². The van der Waals surface area contributed by atoms with Crippen LogP contribution in [0.2, 0.25) is 0 Å². The molecule has 1 saturated heterocycles. The highest BCUT2D eigenvalue weighted by atomic mass is 16.4. The van der Waals surface area contributed by atoms with Gasteiger partial charge < -0.3 is 15.1 Å². The number of carbonyl (C=O) groups is 2. The molecule has 2 rings (SSSR count). The van der Waals surface area contributed by atoms with Crippen molar-refractivity contribution in [3.63, 3.8) is 0 Å². The molecular weight excluding hydrogens is 222 g/mol. The monoisotopic (exact) mass is 239 g/mol. The fourth-order valence-corrected chi connectivity index (χ4v) is 2.54. The first-order valence-corrected chi connectivity index (χ1v) is 5.94. The molecule has 2 aliphatic rings. The normalized spacial score (nSPS) is 32.8. The van der Waals surface area contributed by atoms with Crippen molar-refractivity contribution in [1.29, 1.82) is 0 Å². The van der Waals surface area contributed by atoms with Gasteiger partial charge in [0.1, 0.15) is 0 Å². The number of amides is 1. The van der Waals surface area contributed by atoms with Crippen molar-refractivity contribution in [2.24, 2.45) is 11.8 Å². The predicted octanol–water partition coefficient (Wildman–Crippen LogP) is 0.247. The molecule has 1 heterocycles.